The Morgan fingerprint density at radius 3 is 2.67 bits per heavy atom. The van der Waals surface area contributed by atoms with Gasteiger partial charge in [-0.1, -0.05) is 0 Å². The lowest BCUT2D eigenvalue weighted by Gasteiger charge is -2.39. The minimum absolute atomic E-state index is 0.0320. The molecule has 0 bridgehead atoms. The molecule has 0 aromatic carbocycles. The van der Waals surface area contributed by atoms with E-state index in [0.29, 0.717) is 31.9 Å². The fourth-order valence-corrected chi connectivity index (χ4v) is 4.30. The molecule has 1 atom stereocenters. The second kappa shape index (κ2) is 5.36. The highest BCUT2D eigenvalue weighted by atomic mass is 16.3. The minimum atomic E-state index is -0.301. The predicted octanol–water partition coefficient (Wildman–Crippen LogP) is 1.56. The largest absolute Gasteiger partial charge is 0.459 e. The molecule has 3 aliphatic heterocycles. The monoisotopic (exact) mass is 331 g/mol. The maximum absolute atomic E-state index is 12.4. The molecule has 7 heteroatoms. The van der Waals surface area contributed by atoms with Crippen molar-refractivity contribution in [2.24, 2.45) is 5.41 Å². The molecule has 4 heterocycles. The molecule has 3 fully saturated rings. The van der Waals surface area contributed by atoms with E-state index < -0.39 is 0 Å². The van der Waals surface area contributed by atoms with Crippen molar-refractivity contribution in [2.75, 3.05) is 26.2 Å². The van der Waals surface area contributed by atoms with E-state index in [-0.39, 0.29) is 29.3 Å². The van der Waals surface area contributed by atoms with Crippen LogP contribution >= 0.6 is 0 Å². The molecular formula is C17H21N3O4. The molecule has 0 radical (unpaired) electrons. The Labute approximate surface area is 140 Å². The van der Waals surface area contributed by atoms with Crippen molar-refractivity contribution in [3.8, 4) is 0 Å². The van der Waals surface area contributed by atoms with Crippen molar-refractivity contribution in [1.82, 2.24) is 14.7 Å². The number of likely N-dealkylation sites (tertiary alicyclic amines) is 1. The maximum atomic E-state index is 12.4. The van der Waals surface area contributed by atoms with Crippen molar-refractivity contribution in [3.05, 3.63) is 24.2 Å². The fraction of sp³-hybridized carbons (Fsp3) is 0.588. The van der Waals surface area contributed by atoms with Crippen LogP contribution in [0.25, 0.3) is 0 Å². The Morgan fingerprint density at radius 1 is 1.33 bits per heavy atom. The number of imide groups is 1. The number of hydrogen-bond acceptors (Lipinski definition) is 4. The average molecular weight is 331 g/mol. The lowest BCUT2D eigenvalue weighted by Crippen LogP contribution is -2.45. The number of fused-ring (bicyclic) bond motifs is 1. The van der Waals surface area contributed by atoms with Gasteiger partial charge < -0.3 is 14.2 Å². The van der Waals surface area contributed by atoms with E-state index in [1.165, 1.54) is 11.2 Å². The standard InChI is InChI=1S/C17H21N3O4/c1-2-19-14(21)12-10-17(11-20(12)16(19)23)5-7-18(8-6-17)15(22)13-4-3-9-24-13/h3-4,9,12H,2,5-8,10-11H2,1H3. The first-order chi connectivity index (χ1) is 11.5. The Bertz CT molecular complexity index is 650. The summed E-state index contributed by atoms with van der Waals surface area (Å²) in [5.74, 6) is 0.216. The zero-order valence-electron chi connectivity index (χ0n) is 13.7. The van der Waals surface area contributed by atoms with E-state index in [2.05, 4.69) is 0 Å². The molecular weight excluding hydrogens is 310 g/mol. The number of urea groups is 1. The van der Waals surface area contributed by atoms with Gasteiger partial charge in [0.2, 0.25) is 0 Å². The number of carbonyl (C=O) groups is 3. The van der Waals surface area contributed by atoms with Crippen LogP contribution in [0.4, 0.5) is 4.79 Å². The van der Waals surface area contributed by atoms with E-state index >= 15 is 0 Å². The second-order valence-electron chi connectivity index (χ2n) is 6.98. The van der Waals surface area contributed by atoms with E-state index in [1.807, 2.05) is 6.92 Å². The van der Waals surface area contributed by atoms with Crippen LogP contribution in [0.2, 0.25) is 0 Å². The molecule has 7 nitrogen and oxygen atoms in total. The normalized spacial score (nSPS) is 25.7. The van der Waals surface area contributed by atoms with Crippen molar-refractivity contribution in [2.45, 2.75) is 32.2 Å². The quantitative estimate of drug-likeness (QED) is 0.771. The summed E-state index contributed by atoms with van der Waals surface area (Å²) in [5, 5.41) is 0. The van der Waals surface area contributed by atoms with Gasteiger partial charge >= 0.3 is 6.03 Å². The first kappa shape index (κ1) is 15.2. The van der Waals surface area contributed by atoms with Crippen LogP contribution in [0.1, 0.15) is 36.7 Å². The SMILES string of the molecule is CCN1C(=O)C2CC3(CCN(C(=O)c4ccco4)CC3)CN2C1=O. The first-order valence-electron chi connectivity index (χ1n) is 8.49. The molecule has 0 N–H and O–H groups in total. The fourth-order valence-electron chi connectivity index (χ4n) is 4.30. The van der Waals surface area contributed by atoms with Gasteiger partial charge in [0.25, 0.3) is 11.8 Å². The number of amides is 4. The smallest absolute Gasteiger partial charge is 0.327 e. The zero-order valence-corrected chi connectivity index (χ0v) is 13.7. The van der Waals surface area contributed by atoms with E-state index in [4.69, 9.17) is 4.42 Å². The number of carbonyl (C=O) groups excluding carboxylic acids is 3. The number of hydrogen-bond donors (Lipinski definition) is 0. The van der Waals surface area contributed by atoms with Gasteiger partial charge in [-0.15, -0.1) is 0 Å². The summed E-state index contributed by atoms with van der Waals surface area (Å²) in [5.41, 5.74) is -0.0320. The zero-order chi connectivity index (χ0) is 16.9. The Hall–Kier alpha value is -2.31. The van der Waals surface area contributed by atoms with Gasteiger partial charge in [0.05, 0.1) is 6.26 Å². The molecule has 128 valence electrons. The summed E-state index contributed by atoms with van der Waals surface area (Å²) in [7, 11) is 0. The lowest BCUT2D eigenvalue weighted by atomic mass is 9.76. The summed E-state index contributed by atoms with van der Waals surface area (Å²) in [4.78, 5) is 41.9. The van der Waals surface area contributed by atoms with Crippen LogP contribution in [-0.2, 0) is 4.79 Å². The Kier molecular flexibility index (Phi) is 3.40. The summed E-state index contributed by atoms with van der Waals surface area (Å²) in [6.45, 7) is 4.16. The summed E-state index contributed by atoms with van der Waals surface area (Å²) < 4.78 is 5.18. The lowest BCUT2D eigenvalue weighted by molar-refractivity contribution is -0.128. The van der Waals surface area contributed by atoms with E-state index in [9.17, 15) is 14.4 Å². The van der Waals surface area contributed by atoms with Crippen LogP contribution in [0.15, 0.2) is 22.8 Å². The van der Waals surface area contributed by atoms with Gasteiger partial charge in [0.15, 0.2) is 5.76 Å². The third-order valence-electron chi connectivity index (χ3n) is 5.70. The van der Waals surface area contributed by atoms with Crippen molar-refractivity contribution >= 4 is 17.8 Å². The van der Waals surface area contributed by atoms with Crippen molar-refractivity contribution < 1.29 is 18.8 Å². The number of furan rings is 1. The Balaban J connectivity index is 1.43. The third-order valence-corrected chi connectivity index (χ3v) is 5.70. The number of likely N-dealkylation sites (N-methyl/N-ethyl adjacent to an activating group) is 1. The van der Waals surface area contributed by atoms with E-state index in [1.54, 1.807) is 21.9 Å². The topological polar surface area (TPSA) is 74.1 Å². The highest BCUT2D eigenvalue weighted by Gasteiger charge is 2.56. The molecule has 1 aromatic rings. The van der Waals surface area contributed by atoms with Crippen molar-refractivity contribution in [3.63, 3.8) is 0 Å². The van der Waals surface area contributed by atoms with Crippen LogP contribution in [-0.4, -0.2) is 64.8 Å². The molecule has 4 rings (SSSR count). The predicted molar refractivity (Wildman–Crippen MR) is 84.2 cm³/mol. The van der Waals surface area contributed by atoms with Crippen LogP contribution in [0.3, 0.4) is 0 Å². The highest BCUT2D eigenvalue weighted by molar-refractivity contribution is 6.04. The average Bonchev–Trinajstić information content (AvgIpc) is 3.27. The second-order valence-corrected chi connectivity index (χ2v) is 6.98. The van der Waals surface area contributed by atoms with Gasteiger partial charge in [-0.05, 0) is 43.7 Å². The summed E-state index contributed by atoms with van der Waals surface area (Å²) in [6.07, 6.45) is 3.86. The van der Waals surface area contributed by atoms with Crippen LogP contribution < -0.4 is 0 Å². The molecule has 4 amide bonds. The third kappa shape index (κ3) is 2.14. The van der Waals surface area contributed by atoms with E-state index in [0.717, 1.165) is 19.3 Å². The number of piperidine rings is 1. The molecule has 3 saturated heterocycles. The van der Waals surface area contributed by atoms with Crippen LogP contribution in [0.5, 0.6) is 0 Å². The van der Waals surface area contributed by atoms with Gasteiger partial charge in [-0.25, -0.2) is 4.79 Å². The molecule has 1 spiro atoms. The molecule has 0 saturated carbocycles. The molecule has 3 aliphatic rings. The van der Waals surface area contributed by atoms with Gasteiger partial charge in [-0.3, -0.25) is 14.5 Å². The summed E-state index contributed by atoms with van der Waals surface area (Å²) in [6, 6.07) is 2.93. The highest BCUT2D eigenvalue weighted by Crippen LogP contribution is 2.46. The number of rotatable bonds is 2. The molecule has 1 aromatic heterocycles. The minimum Gasteiger partial charge on any atom is -0.459 e. The Morgan fingerprint density at radius 2 is 2.08 bits per heavy atom. The van der Waals surface area contributed by atoms with Crippen LogP contribution in [0, 0.1) is 5.41 Å². The van der Waals surface area contributed by atoms with Crippen molar-refractivity contribution in [1.29, 1.82) is 0 Å². The van der Waals surface area contributed by atoms with Gasteiger partial charge in [0.1, 0.15) is 6.04 Å². The number of nitrogens with zero attached hydrogens (tertiary/aromatic N) is 3. The van der Waals surface area contributed by atoms with Gasteiger partial charge in [0, 0.05) is 26.2 Å². The molecule has 0 aliphatic carbocycles. The molecule has 1 unspecified atom stereocenters. The first-order valence-corrected chi connectivity index (χ1v) is 8.49. The maximum Gasteiger partial charge on any atom is 0.327 e. The van der Waals surface area contributed by atoms with Gasteiger partial charge in [-0.2, -0.15) is 0 Å². The molecule has 24 heavy (non-hydrogen) atoms. The summed E-state index contributed by atoms with van der Waals surface area (Å²) >= 11 is 0.